The summed E-state index contributed by atoms with van der Waals surface area (Å²) >= 11 is 0. The van der Waals surface area contributed by atoms with Gasteiger partial charge in [0.15, 0.2) is 0 Å². The van der Waals surface area contributed by atoms with E-state index in [1.165, 1.54) is 19.2 Å². The molecule has 0 radical (unpaired) electrons. The molecule has 0 atom stereocenters. The monoisotopic (exact) mass is 270 g/mol. The van der Waals surface area contributed by atoms with Crippen LogP contribution < -0.4 is 0 Å². The number of benzene rings is 2. The highest BCUT2D eigenvalue weighted by atomic mass is 19.1. The Morgan fingerprint density at radius 2 is 1.95 bits per heavy atom. The van der Waals surface area contributed by atoms with Crippen molar-refractivity contribution in [1.82, 2.24) is 10.2 Å². The van der Waals surface area contributed by atoms with Gasteiger partial charge in [0.1, 0.15) is 5.82 Å². The summed E-state index contributed by atoms with van der Waals surface area (Å²) in [6.07, 6.45) is 0. The Kier molecular flexibility index (Phi) is 2.95. The number of carbonyl (C=O) groups excluding carboxylic acids is 1. The third-order valence-electron chi connectivity index (χ3n) is 3.10. The number of aromatic nitrogens is 2. The second kappa shape index (κ2) is 4.77. The highest BCUT2D eigenvalue weighted by molar-refractivity contribution is 5.94. The highest BCUT2D eigenvalue weighted by Gasteiger charge is 2.10. The van der Waals surface area contributed by atoms with Crippen LogP contribution in [0.1, 0.15) is 10.4 Å². The van der Waals surface area contributed by atoms with Crippen LogP contribution in [0, 0.1) is 5.82 Å². The molecule has 2 aromatic carbocycles. The Bertz CT molecular complexity index is 778. The smallest absolute Gasteiger partial charge is 0.337 e. The molecular formula is C15H11FN2O2. The van der Waals surface area contributed by atoms with Gasteiger partial charge in [-0.1, -0.05) is 12.1 Å². The molecule has 0 amide bonds. The summed E-state index contributed by atoms with van der Waals surface area (Å²) in [5, 5.41) is 7.82. The van der Waals surface area contributed by atoms with Crippen LogP contribution in [0.4, 0.5) is 4.39 Å². The van der Waals surface area contributed by atoms with E-state index in [0.717, 1.165) is 16.6 Å². The zero-order valence-electron chi connectivity index (χ0n) is 10.7. The number of rotatable bonds is 2. The summed E-state index contributed by atoms with van der Waals surface area (Å²) in [7, 11) is 1.34. The van der Waals surface area contributed by atoms with Crippen molar-refractivity contribution < 1.29 is 13.9 Å². The van der Waals surface area contributed by atoms with E-state index in [9.17, 15) is 9.18 Å². The molecule has 0 fully saturated rings. The molecule has 20 heavy (non-hydrogen) atoms. The maximum Gasteiger partial charge on any atom is 0.337 e. The van der Waals surface area contributed by atoms with Gasteiger partial charge < -0.3 is 4.74 Å². The van der Waals surface area contributed by atoms with Gasteiger partial charge in [-0.15, -0.1) is 0 Å². The number of halogens is 1. The first-order valence-electron chi connectivity index (χ1n) is 6.01. The maximum atomic E-state index is 13.1. The summed E-state index contributed by atoms with van der Waals surface area (Å²) in [6.45, 7) is 0. The van der Waals surface area contributed by atoms with Gasteiger partial charge in [0, 0.05) is 10.9 Å². The minimum atomic E-state index is -0.384. The minimum Gasteiger partial charge on any atom is -0.465 e. The van der Waals surface area contributed by atoms with Crippen molar-refractivity contribution >= 4 is 16.9 Å². The van der Waals surface area contributed by atoms with Gasteiger partial charge in [-0.2, -0.15) is 5.10 Å². The summed E-state index contributed by atoms with van der Waals surface area (Å²) in [5.74, 6) is -0.695. The molecule has 0 saturated heterocycles. The fraction of sp³-hybridized carbons (Fsp3) is 0.0667. The average molecular weight is 270 g/mol. The van der Waals surface area contributed by atoms with Crippen molar-refractivity contribution in [3.63, 3.8) is 0 Å². The Hall–Kier alpha value is -2.69. The summed E-state index contributed by atoms with van der Waals surface area (Å²) in [4.78, 5) is 11.4. The molecule has 0 bridgehead atoms. The average Bonchev–Trinajstić information content (AvgIpc) is 2.89. The number of H-pyrrole nitrogens is 1. The van der Waals surface area contributed by atoms with Crippen LogP contribution in [-0.4, -0.2) is 23.3 Å². The number of aromatic amines is 1. The zero-order valence-corrected chi connectivity index (χ0v) is 10.7. The first-order chi connectivity index (χ1) is 9.69. The van der Waals surface area contributed by atoms with Gasteiger partial charge in [0.2, 0.25) is 0 Å². The number of carbonyl (C=O) groups is 1. The summed E-state index contributed by atoms with van der Waals surface area (Å²) in [5.41, 5.74) is 2.67. The van der Waals surface area contributed by atoms with Crippen LogP contribution in [0.3, 0.4) is 0 Å². The predicted octanol–water partition coefficient (Wildman–Crippen LogP) is 3.16. The third kappa shape index (κ3) is 2.03. The van der Waals surface area contributed by atoms with Gasteiger partial charge in [0.25, 0.3) is 0 Å². The van der Waals surface area contributed by atoms with Crippen molar-refractivity contribution in [3.05, 3.63) is 53.8 Å². The van der Waals surface area contributed by atoms with Crippen molar-refractivity contribution in [1.29, 1.82) is 0 Å². The Labute approximate surface area is 114 Å². The number of esters is 1. The molecule has 1 N–H and O–H groups in total. The predicted molar refractivity (Wildman–Crippen MR) is 72.8 cm³/mol. The van der Waals surface area contributed by atoms with Crippen molar-refractivity contribution in [3.8, 4) is 11.3 Å². The van der Waals surface area contributed by atoms with Gasteiger partial charge in [0.05, 0.1) is 23.9 Å². The molecule has 1 heterocycles. The number of nitrogens with one attached hydrogen (secondary N) is 1. The maximum absolute atomic E-state index is 13.1. The van der Waals surface area contributed by atoms with Crippen LogP contribution in [0.25, 0.3) is 22.2 Å². The van der Waals surface area contributed by atoms with Gasteiger partial charge in [-0.3, -0.25) is 5.10 Å². The first-order valence-corrected chi connectivity index (χ1v) is 6.01. The quantitative estimate of drug-likeness (QED) is 0.728. The Morgan fingerprint density at radius 3 is 2.65 bits per heavy atom. The zero-order chi connectivity index (χ0) is 14.1. The molecule has 4 nitrogen and oxygen atoms in total. The molecule has 3 aromatic rings. The highest BCUT2D eigenvalue weighted by Crippen LogP contribution is 2.26. The van der Waals surface area contributed by atoms with E-state index in [1.54, 1.807) is 30.3 Å². The number of hydrogen-bond donors (Lipinski definition) is 1. The minimum absolute atomic E-state index is 0.311. The van der Waals surface area contributed by atoms with Gasteiger partial charge >= 0.3 is 5.97 Å². The van der Waals surface area contributed by atoms with Gasteiger partial charge in [-0.05, 0) is 30.3 Å². The lowest BCUT2D eigenvalue weighted by Gasteiger charge is -2.01. The standard InChI is InChI=1S/C15H11FN2O2/c1-20-15(19)10-4-2-9(3-5-10)14-12-7-6-11(16)8-13(12)17-18-14/h2-8H,1H3,(H,17,18). The summed E-state index contributed by atoms with van der Waals surface area (Å²) < 4.78 is 17.8. The fourth-order valence-electron chi connectivity index (χ4n) is 2.09. The number of nitrogens with zero attached hydrogens (tertiary/aromatic N) is 1. The molecule has 0 saturated carbocycles. The Morgan fingerprint density at radius 1 is 1.20 bits per heavy atom. The number of hydrogen-bond acceptors (Lipinski definition) is 3. The molecule has 0 unspecified atom stereocenters. The van der Waals surface area contributed by atoms with Gasteiger partial charge in [-0.25, -0.2) is 9.18 Å². The SMILES string of the molecule is COC(=O)c1ccc(-c2n[nH]c3cc(F)ccc23)cc1. The van der Waals surface area contributed by atoms with Crippen molar-refractivity contribution in [2.45, 2.75) is 0 Å². The first kappa shape index (κ1) is 12.3. The molecule has 0 aliphatic rings. The van der Waals surface area contributed by atoms with E-state index < -0.39 is 0 Å². The van der Waals surface area contributed by atoms with Crippen molar-refractivity contribution in [2.75, 3.05) is 7.11 Å². The van der Waals surface area contributed by atoms with Crippen LogP contribution in [0.5, 0.6) is 0 Å². The molecule has 100 valence electrons. The molecule has 1 aromatic heterocycles. The fourth-order valence-corrected chi connectivity index (χ4v) is 2.09. The Balaban J connectivity index is 2.05. The molecule has 0 aliphatic heterocycles. The van der Waals surface area contributed by atoms with E-state index in [-0.39, 0.29) is 11.8 Å². The lowest BCUT2D eigenvalue weighted by atomic mass is 10.1. The van der Waals surface area contributed by atoms with E-state index in [2.05, 4.69) is 14.9 Å². The van der Waals surface area contributed by atoms with Crippen LogP contribution in [0.2, 0.25) is 0 Å². The number of ether oxygens (including phenoxy) is 1. The lowest BCUT2D eigenvalue weighted by Crippen LogP contribution is -2.00. The number of fused-ring (bicyclic) bond motifs is 1. The normalized spacial score (nSPS) is 10.7. The van der Waals surface area contributed by atoms with E-state index in [0.29, 0.717) is 11.1 Å². The second-order valence-electron chi connectivity index (χ2n) is 4.33. The van der Waals surface area contributed by atoms with Crippen LogP contribution >= 0.6 is 0 Å². The largest absolute Gasteiger partial charge is 0.465 e. The van der Waals surface area contributed by atoms with Crippen LogP contribution in [-0.2, 0) is 4.74 Å². The molecule has 3 rings (SSSR count). The van der Waals surface area contributed by atoms with Crippen LogP contribution in [0.15, 0.2) is 42.5 Å². The molecule has 0 aliphatic carbocycles. The topological polar surface area (TPSA) is 55.0 Å². The van der Waals surface area contributed by atoms with E-state index in [1.807, 2.05) is 0 Å². The summed E-state index contributed by atoms with van der Waals surface area (Å²) in [6, 6.07) is 11.4. The number of methoxy groups -OCH3 is 1. The molecule has 0 spiro atoms. The molecular weight excluding hydrogens is 259 g/mol. The third-order valence-corrected chi connectivity index (χ3v) is 3.10. The lowest BCUT2D eigenvalue weighted by molar-refractivity contribution is 0.0601. The van der Waals surface area contributed by atoms with E-state index >= 15 is 0 Å². The second-order valence-corrected chi connectivity index (χ2v) is 4.33. The molecule has 5 heteroatoms. The van der Waals surface area contributed by atoms with Crippen molar-refractivity contribution in [2.24, 2.45) is 0 Å². The van der Waals surface area contributed by atoms with E-state index in [4.69, 9.17) is 0 Å².